The van der Waals surface area contributed by atoms with Gasteiger partial charge in [-0.3, -0.25) is 4.79 Å². The van der Waals surface area contributed by atoms with Crippen LogP contribution in [0.15, 0.2) is 18.2 Å². The summed E-state index contributed by atoms with van der Waals surface area (Å²) in [5.74, 6) is 0.763. The van der Waals surface area contributed by atoms with Crippen LogP contribution in [0.25, 0.3) is 0 Å². The Bertz CT molecular complexity index is 403. The van der Waals surface area contributed by atoms with E-state index in [0.717, 1.165) is 12.8 Å². The normalized spacial score (nSPS) is 14.6. The summed E-state index contributed by atoms with van der Waals surface area (Å²) in [6.45, 7) is 2.84. The number of rotatable bonds is 3. The molecular formula is C12H15NO3. The molecule has 0 aromatic heterocycles. The lowest BCUT2D eigenvalue weighted by Crippen LogP contribution is -2.39. The number of hydrogen-bond acceptors (Lipinski definition) is 3. The summed E-state index contributed by atoms with van der Waals surface area (Å²) in [4.78, 5) is 13.4. The Morgan fingerprint density at radius 2 is 2.31 bits per heavy atom. The first-order chi connectivity index (χ1) is 7.72. The topological polar surface area (TPSA) is 49.8 Å². The summed E-state index contributed by atoms with van der Waals surface area (Å²) in [5.41, 5.74) is 0.671. The van der Waals surface area contributed by atoms with E-state index in [1.165, 1.54) is 0 Å². The summed E-state index contributed by atoms with van der Waals surface area (Å²) in [6, 6.07) is 4.82. The number of phenols is 1. The van der Waals surface area contributed by atoms with Crippen LogP contribution in [-0.2, 0) is 4.79 Å². The molecule has 1 aromatic rings. The molecule has 1 N–H and O–H groups in total. The predicted octanol–water partition coefficient (Wildman–Crippen LogP) is 1.92. The Balaban J connectivity index is 2.31. The smallest absolute Gasteiger partial charge is 0.265 e. The molecule has 0 unspecified atom stereocenters. The van der Waals surface area contributed by atoms with Crippen molar-refractivity contribution in [2.45, 2.75) is 19.8 Å². The van der Waals surface area contributed by atoms with Gasteiger partial charge in [-0.15, -0.1) is 0 Å². The molecule has 1 aliphatic heterocycles. The molecule has 2 rings (SSSR count). The van der Waals surface area contributed by atoms with Crippen molar-refractivity contribution in [3.63, 3.8) is 0 Å². The summed E-state index contributed by atoms with van der Waals surface area (Å²) in [7, 11) is 0. The standard InChI is InChI=1S/C12H15NO3/c1-2-3-6-13-10-7-9(14)4-5-11(10)16-8-12(13)15/h4-5,7,14H,2-3,6,8H2,1H3. The number of unbranched alkanes of at least 4 members (excludes halogenated alkanes) is 1. The third kappa shape index (κ3) is 1.96. The molecule has 16 heavy (non-hydrogen) atoms. The summed E-state index contributed by atoms with van der Waals surface area (Å²) in [6.07, 6.45) is 1.97. The number of benzene rings is 1. The lowest BCUT2D eigenvalue weighted by molar-refractivity contribution is -0.121. The second-order valence-corrected chi connectivity index (χ2v) is 3.84. The Kier molecular flexibility index (Phi) is 2.99. The lowest BCUT2D eigenvalue weighted by Gasteiger charge is -2.29. The number of amides is 1. The van der Waals surface area contributed by atoms with Crippen LogP contribution in [0.2, 0.25) is 0 Å². The zero-order valence-electron chi connectivity index (χ0n) is 9.27. The maximum absolute atomic E-state index is 11.7. The fourth-order valence-corrected chi connectivity index (χ4v) is 1.75. The number of phenolic OH excluding ortho intramolecular Hbond substituents is 1. The van der Waals surface area contributed by atoms with Crippen molar-refractivity contribution in [1.82, 2.24) is 0 Å². The van der Waals surface area contributed by atoms with Crippen LogP contribution >= 0.6 is 0 Å². The predicted molar refractivity (Wildman–Crippen MR) is 60.9 cm³/mol. The van der Waals surface area contributed by atoms with Gasteiger partial charge in [-0.05, 0) is 18.6 Å². The molecule has 0 saturated heterocycles. The van der Waals surface area contributed by atoms with Crippen molar-refractivity contribution in [1.29, 1.82) is 0 Å². The number of hydrogen-bond donors (Lipinski definition) is 1. The van der Waals surface area contributed by atoms with E-state index in [2.05, 4.69) is 6.92 Å². The van der Waals surface area contributed by atoms with Gasteiger partial charge in [0.15, 0.2) is 6.61 Å². The zero-order chi connectivity index (χ0) is 11.5. The molecule has 0 fully saturated rings. The second kappa shape index (κ2) is 4.43. The fourth-order valence-electron chi connectivity index (χ4n) is 1.75. The van der Waals surface area contributed by atoms with E-state index in [1.807, 2.05) is 0 Å². The third-order valence-corrected chi connectivity index (χ3v) is 2.62. The monoisotopic (exact) mass is 221 g/mol. The number of fused-ring (bicyclic) bond motifs is 1. The maximum atomic E-state index is 11.7. The minimum atomic E-state index is -0.0495. The molecule has 0 aliphatic carbocycles. The Labute approximate surface area is 94.4 Å². The fraction of sp³-hybridized carbons (Fsp3) is 0.417. The van der Waals surface area contributed by atoms with Crippen LogP contribution in [0.5, 0.6) is 11.5 Å². The molecule has 4 nitrogen and oxygen atoms in total. The minimum Gasteiger partial charge on any atom is -0.508 e. The Morgan fingerprint density at radius 1 is 1.50 bits per heavy atom. The van der Waals surface area contributed by atoms with Gasteiger partial charge < -0.3 is 14.7 Å². The van der Waals surface area contributed by atoms with E-state index in [-0.39, 0.29) is 18.3 Å². The molecule has 4 heteroatoms. The summed E-state index contributed by atoms with van der Waals surface area (Å²) in [5, 5.41) is 9.42. The van der Waals surface area contributed by atoms with Crippen molar-refractivity contribution >= 4 is 11.6 Å². The first kappa shape index (κ1) is 10.8. The van der Waals surface area contributed by atoms with Crippen LogP contribution in [0.4, 0.5) is 5.69 Å². The van der Waals surface area contributed by atoms with Gasteiger partial charge >= 0.3 is 0 Å². The van der Waals surface area contributed by atoms with Crippen molar-refractivity contribution in [3.05, 3.63) is 18.2 Å². The number of carbonyl (C=O) groups excluding carboxylic acids is 1. The number of carbonyl (C=O) groups is 1. The molecule has 0 bridgehead atoms. The highest BCUT2D eigenvalue weighted by atomic mass is 16.5. The first-order valence-corrected chi connectivity index (χ1v) is 5.48. The van der Waals surface area contributed by atoms with E-state index in [0.29, 0.717) is 18.0 Å². The van der Waals surface area contributed by atoms with Gasteiger partial charge in [0, 0.05) is 12.6 Å². The number of anilines is 1. The third-order valence-electron chi connectivity index (χ3n) is 2.62. The van der Waals surface area contributed by atoms with Crippen molar-refractivity contribution < 1.29 is 14.6 Å². The Morgan fingerprint density at radius 3 is 3.06 bits per heavy atom. The van der Waals surface area contributed by atoms with Gasteiger partial charge in [0.25, 0.3) is 5.91 Å². The van der Waals surface area contributed by atoms with Crippen LogP contribution in [0, 0.1) is 0 Å². The van der Waals surface area contributed by atoms with Crippen LogP contribution in [0.1, 0.15) is 19.8 Å². The van der Waals surface area contributed by atoms with Gasteiger partial charge in [0.05, 0.1) is 5.69 Å². The molecule has 1 aliphatic rings. The molecule has 1 heterocycles. The molecule has 0 saturated carbocycles. The molecule has 0 atom stereocenters. The number of nitrogens with zero attached hydrogens (tertiary/aromatic N) is 1. The van der Waals surface area contributed by atoms with Crippen molar-refractivity contribution in [3.8, 4) is 11.5 Å². The maximum Gasteiger partial charge on any atom is 0.265 e. The van der Waals surface area contributed by atoms with Crippen LogP contribution in [-0.4, -0.2) is 24.2 Å². The van der Waals surface area contributed by atoms with E-state index in [4.69, 9.17) is 4.74 Å². The summed E-state index contributed by atoms with van der Waals surface area (Å²) >= 11 is 0. The van der Waals surface area contributed by atoms with Gasteiger partial charge in [-0.1, -0.05) is 13.3 Å². The largest absolute Gasteiger partial charge is 0.508 e. The van der Waals surface area contributed by atoms with Gasteiger partial charge in [0.1, 0.15) is 11.5 Å². The first-order valence-electron chi connectivity index (χ1n) is 5.48. The van der Waals surface area contributed by atoms with E-state index in [1.54, 1.807) is 23.1 Å². The lowest BCUT2D eigenvalue weighted by atomic mass is 10.2. The van der Waals surface area contributed by atoms with Gasteiger partial charge in [-0.2, -0.15) is 0 Å². The molecule has 86 valence electrons. The van der Waals surface area contributed by atoms with Crippen LogP contribution in [0.3, 0.4) is 0 Å². The summed E-state index contributed by atoms with van der Waals surface area (Å²) < 4.78 is 5.30. The average molecular weight is 221 g/mol. The number of ether oxygens (including phenoxy) is 1. The highest BCUT2D eigenvalue weighted by Crippen LogP contribution is 2.34. The highest BCUT2D eigenvalue weighted by molar-refractivity contribution is 5.98. The van der Waals surface area contributed by atoms with Gasteiger partial charge in [-0.25, -0.2) is 0 Å². The quantitative estimate of drug-likeness (QED) is 0.848. The van der Waals surface area contributed by atoms with Crippen LogP contribution < -0.4 is 9.64 Å². The van der Waals surface area contributed by atoms with E-state index < -0.39 is 0 Å². The number of aromatic hydroxyl groups is 1. The average Bonchev–Trinajstić information content (AvgIpc) is 2.28. The van der Waals surface area contributed by atoms with E-state index >= 15 is 0 Å². The van der Waals surface area contributed by atoms with Crippen molar-refractivity contribution in [2.75, 3.05) is 18.1 Å². The molecule has 0 radical (unpaired) electrons. The minimum absolute atomic E-state index is 0.0495. The molecule has 1 aromatic carbocycles. The Hall–Kier alpha value is -1.71. The molecule has 0 spiro atoms. The van der Waals surface area contributed by atoms with Gasteiger partial charge in [0.2, 0.25) is 0 Å². The highest BCUT2D eigenvalue weighted by Gasteiger charge is 2.25. The van der Waals surface area contributed by atoms with E-state index in [9.17, 15) is 9.90 Å². The second-order valence-electron chi connectivity index (χ2n) is 3.84. The SMILES string of the molecule is CCCCN1C(=O)COc2ccc(O)cc21. The molecule has 1 amide bonds. The zero-order valence-corrected chi connectivity index (χ0v) is 9.27. The van der Waals surface area contributed by atoms with Crippen molar-refractivity contribution in [2.24, 2.45) is 0 Å². The molecular weight excluding hydrogens is 206 g/mol.